The van der Waals surface area contributed by atoms with Crippen LogP contribution in [-0.4, -0.2) is 17.6 Å². The lowest BCUT2D eigenvalue weighted by Crippen LogP contribution is -2.23. The second-order valence-electron chi connectivity index (χ2n) is 4.50. The largest absolute Gasteiger partial charge is 0.355 e. The molecule has 0 radical (unpaired) electrons. The second-order valence-corrected chi connectivity index (χ2v) is 4.50. The number of carbonyl (C=O) groups is 1. The molecule has 102 valence electrons. The lowest BCUT2D eigenvalue weighted by Gasteiger charge is -2.02. The molecule has 0 saturated carbocycles. The maximum atomic E-state index is 12.0. The number of benzene rings is 2. The van der Waals surface area contributed by atoms with Gasteiger partial charge in [-0.05, 0) is 18.2 Å². The molecule has 3 rings (SSSR count). The van der Waals surface area contributed by atoms with E-state index < -0.39 is 0 Å². The van der Waals surface area contributed by atoms with Gasteiger partial charge >= 0.3 is 0 Å². The van der Waals surface area contributed by atoms with Crippen molar-refractivity contribution < 1.29 is 9.32 Å². The highest BCUT2D eigenvalue weighted by molar-refractivity contribution is 6.01. The molecule has 0 unspecified atom stereocenters. The van der Waals surface area contributed by atoms with Crippen molar-refractivity contribution in [2.75, 3.05) is 6.54 Å². The standard InChI is InChI=1S/C17H12N2O2/c1-2-10-18-17(20)13-8-9-15-14(11-13)16(21-19-15)12-6-4-3-5-7-12/h1,3-9,11H,10H2,(H,18,20). The van der Waals surface area contributed by atoms with E-state index in [0.29, 0.717) is 16.8 Å². The maximum Gasteiger partial charge on any atom is 0.252 e. The molecule has 0 saturated heterocycles. The Hall–Kier alpha value is -3.06. The number of terminal acetylenes is 1. The molecule has 1 heterocycles. The van der Waals surface area contributed by atoms with Crippen LogP contribution in [0.1, 0.15) is 10.4 Å². The molecule has 0 aliphatic carbocycles. The number of nitrogens with zero attached hydrogens (tertiary/aromatic N) is 1. The molecule has 0 spiro atoms. The SMILES string of the molecule is C#CCNC(=O)c1ccc2noc(-c3ccccc3)c2c1. The molecule has 0 aliphatic heterocycles. The summed E-state index contributed by atoms with van der Waals surface area (Å²) < 4.78 is 5.40. The van der Waals surface area contributed by atoms with Gasteiger partial charge in [0.05, 0.1) is 11.9 Å². The molecule has 0 fully saturated rings. The monoisotopic (exact) mass is 276 g/mol. The van der Waals surface area contributed by atoms with Crippen LogP contribution in [0.25, 0.3) is 22.2 Å². The van der Waals surface area contributed by atoms with Crippen molar-refractivity contribution in [2.24, 2.45) is 0 Å². The summed E-state index contributed by atoms with van der Waals surface area (Å²) in [5, 5.41) is 7.46. The predicted octanol–water partition coefficient (Wildman–Crippen LogP) is 2.86. The first-order valence-corrected chi connectivity index (χ1v) is 6.46. The van der Waals surface area contributed by atoms with Crippen molar-refractivity contribution in [1.29, 1.82) is 0 Å². The Morgan fingerprint density at radius 1 is 1.24 bits per heavy atom. The zero-order valence-corrected chi connectivity index (χ0v) is 11.2. The third-order valence-corrected chi connectivity index (χ3v) is 3.13. The summed E-state index contributed by atoms with van der Waals surface area (Å²) in [7, 11) is 0. The van der Waals surface area contributed by atoms with Gasteiger partial charge in [-0.2, -0.15) is 0 Å². The molecular weight excluding hydrogens is 264 g/mol. The van der Waals surface area contributed by atoms with E-state index in [2.05, 4.69) is 16.4 Å². The first-order chi connectivity index (χ1) is 10.3. The van der Waals surface area contributed by atoms with Crippen LogP contribution in [0.5, 0.6) is 0 Å². The molecule has 1 amide bonds. The van der Waals surface area contributed by atoms with Gasteiger partial charge in [-0.1, -0.05) is 41.4 Å². The molecule has 1 N–H and O–H groups in total. The Labute approximate surface area is 121 Å². The van der Waals surface area contributed by atoms with E-state index in [1.807, 2.05) is 30.3 Å². The number of hydrogen-bond acceptors (Lipinski definition) is 3. The normalized spacial score (nSPS) is 10.2. The van der Waals surface area contributed by atoms with Gasteiger partial charge in [0.2, 0.25) is 0 Å². The van der Waals surface area contributed by atoms with Crippen molar-refractivity contribution in [3.63, 3.8) is 0 Å². The molecule has 1 aromatic heterocycles. The minimum Gasteiger partial charge on any atom is -0.355 e. The van der Waals surface area contributed by atoms with Gasteiger partial charge in [-0.3, -0.25) is 4.79 Å². The fraction of sp³-hybridized carbons (Fsp3) is 0.0588. The summed E-state index contributed by atoms with van der Waals surface area (Å²) in [5.74, 6) is 2.81. The number of fused-ring (bicyclic) bond motifs is 1. The van der Waals surface area contributed by atoms with Crippen molar-refractivity contribution >= 4 is 16.8 Å². The molecule has 4 nitrogen and oxygen atoms in total. The topological polar surface area (TPSA) is 55.1 Å². The summed E-state index contributed by atoms with van der Waals surface area (Å²) in [5.41, 5.74) is 2.15. The summed E-state index contributed by atoms with van der Waals surface area (Å²) in [6.07, 6.45) is 5.14. The minimum atomic E-state index is -0.213. The number of rotatable bonds is 3. The third kappa shape index (κ3) is 2.49. The molecule has 0 bridgehead atoms. The summed E-state index contributed by atoms with van der Waals surface area (Å²) in [6.45, 7) is 0.200. The van der Waals surface area contributed by atoms with Gasteiger partial charge in [0.15, 0.2) is 5.76 Å². The van der Waals surface area contributed by atoms with Crippen LogP contribution in [0.2, 0.25) is 0 Å². The number of amides is 1. The van der Waals surface area contributed by atoms with Gasteiger partial charge in [0, 0.05) is 11.1 Å². The Balaban J connectivity index is 2.05. The molecule has 21 heavy (non-hydrogen) atoms. The lowest BCUT2D eigenvalue weighted by molar-refractivity contribution is 0.0959. The highest BCUT2D eigenvalue weighted by atomic mass is 16.5. The van der Waals surface area contributed by atoms with E-state index >= 15 is 0 Å². The van der Waals surface area contributed by atoms with Crippen LogP contribution in [0.3, 0.4) is 0 Å². The average molecular weight is 276 g/mol. The molecule has 3 aromatic rings. The number of hydrogen-bond donors (Lipinski definition) is 1. The molecular formula is C17H12N2O2. The van der Waals surface area contributed by atoms with Crippen molar-refractivity contribution in [3.8, 4) is 23.7 Å². The fourth-order valence-corrected chi connectivity index (χ4v) is 2.11. The van der Waals surface area contributed by atoms with Crippen LogP contribution < -0.4 is 5.32 Å². The first kappa shape index (κ1) is 12.9. The first-order valence-electron chi connectivity index (χ1n) is 6.46. The lowest BCUT2D eigenvalue weighted by atomic mass is 10.1. The quantitative estimate of drug-likeness (QED) is 0.748. The highest BCUT2D eigenvalue weighted by Gasteiger charge is 2.13. The van der Waals surface area contributed by atoms with E-state index in [0.717, 1.165) is 10.9 Å². The summed E-state index contributed by atoms with van der Waals surface area (Å²) in [6, 6.07) is 14.9. The molecule has 0 atom stereocenters. The average Bonchev–Trinajstić information content (AvgIpc) is 2.96. The number of nitrogens with one attached hydrogen (secondary N) is 1. The van der Waals surface area contributed by atoms with Gasteiger partial charge in [0.1, 0.15) is 5.52 Å². The Morgan fingerprint density at radius 2 is 2.05 bits per heavy atom. The van der Waals surface area contributed by atoms with E-state index in [1.165, 1.54) is 0 Å². The van der Waals surface area contributed by atoms with E-state index in [9.17, 15) is 4.79 Å². The van der Waals surface area contributed by atoms with Crippen molar-refractivity contribution in [1.82, 2.24) is 10.5 Å². The van der Waals surface area contributed by atoms with Crippen LogP contribution in [0.4, 0.5) is 0 Å². The van der Waals surface area contributed by atoms with Crippen LogP contribution in [0, 0.1) is 12.3 Å². The number of aromatic nitrogens is 1. The van der Waals surface area contributed by atoms with Crippen LogP contribution in [0.15, 0.2) is 53.1 Å². The van der Waals surface area contributed by atoms with E-state index in [-0.39, 0.29) is 12.5 Å². The van der Waals surface area contributed by atoms with Crippen LogP contribution >= 0.6 is 0 Å². The Kier molecular flexibility index (Phi) is 3.40. The molecule has 0 aliphatic rings. The van der Waals surface area contributed by atoms with Crippen molar-refractivity contribution in [2.45, 2.75) is 0 Å². The highest BCUT2D eigenvalue weighted by Crippen LogP contribution is 2.29. The van der Waals surface area contributed by atoms with Gasteiger partial charge in [-0.15, -0.1) is 6.42 Å². The predicted molar refractivity (Wildman–Crippen MR) is 80.6 cm³/mol. The second kappa shape index (κ2) is 5.51. The smallest absolute Gasteiger partial charge is 0.252 e. The third-order valence-electron chi connectivity index (χ3n) is 3.13. The van der Waals surface area contributed by atoms with Gasteiger partial charge < -0.3 is 9.84 Å². The molecule has 2 aromatic carbocycles. The zero-order chi connectivity index (χ0) is 14.7. The fourth-order valence-electron chi connectivity index (χ4n) is 2.11. The van der Waals surface area contributed by atoms with Crippen LogP contribution in [-0.2, 0) is 0 Å². The Bertz CT molecular complexity index is 829. The minimum absolute atomic E-state index is 0.200. The summed E-state index contributed by atoms with van der Waals surface area (Å²) >= 11 is 0. The zero-order valence-electron chi connectivity index (χ0n) is 11.2. The summed E-state index contributed by atoms with van der Waals surface area (Å²) in [4.78, 5) is 12.0. The van der Waals surface area contributed by atoms with E-state index in [4.69, 9.17) is 10.9 Å². The van der Waals surface area contributed by atoms with E-state index in [1.54, 1.807) is 18.2 Å². The Morgan fingerprint density at radius 3 is 2.81 bits per heavy atom. The molecule has 4 heteroatoms. The number of carbonyl (C=O) groups excluding carboxylic acids is 1. The maximum absolute atomic E-state index is 12.0. The van der Waals surface area contributed by atoms with Crippen molar-refractivity contribution in [3.05, 3.63) is 54.1 Å². The van der Waals surface area contributed by atoms with Gasteiger partial charge in [0.25, 0.3) is 5.91 Å². The van der Waals surface area contributed by atoms with Gasteiger partial charge in [-0.25, -0.2) is 0 Å².